The maximum absolute atomic E-state index is 11.3. The summed E-state index contributed by atoms with van der Waals surface area (Å²) in [6.45, 7) is 1.99. The molecule has 16 heavy (non-hydrogen) atoms. The molecule has 0 spiro atoms. The van der Waals surface area contributed by atoms with Crippen LogP contribution < -0.4 is 5.32 Å². The minimum Gasteiger partial charge on any atom is -0.351 e. The zero-order chi connectivity index (χ0) is 11.5. The molecule has 0 bridgehead atoms. The van der Waals surface area contributed by atoms with E-state index in [1.165, 1.54) is 41.5 Å². The number of amides is 1. The van der Waals surface area contributed by atoms with Crippen molar-refractivity contribution in [2.75, 3.05) is 0 Å². The van der Waals surface area contributed by atoms with Gasteiger partial charge in [-0.05, 0) is 37.8 Å². The molecule has 0 fully saturated rings. The molecule has 1 aromatic rings. The molecule has 0 radical (unpaired) electrons. The first-order valence-electron chi connectivity index (χ1n) is 5.52. The van der Waals surface area contributed by atoms with Crippen LogP contribution >= 0.6 is 11.3 Å². The summed E-state index contributed by atoms with van der Waals surface area (Å²) in [6, 6.07) is 2.18. The molecule has 0 saturated heterocycles. The normalized spacial score (nSPS) is 13.6. The van der Waals surface area contributed by atoms with Gasteiger partial charge in [-0.25, -0.2) is 0 Å². The Bertz CT molecular complexity index is 401. The number of carbonyl (C=O) groups is 2. The molecule has 0 aromatic carbocycles. The summed E-state index contributed by atoms with van der Waals surface area (Å²) < 4.78 is 0. The fourth-order valence-corrected chi connectivity index (χ4v) is 3.15. The molecular weight excluding hydrogens is 222 g/mol. The monoisotopic (exact) mass is 237 g/mol. The average molecular weight is 237 g/mol. The summed E-state index contributed by atoms with van der Waals surface area (Å²) in [6.07, 6.45) is 3.61. The summed E-state index contributed by atoms with van der Waals surface area (Å²) in [5.41, 5.74) is 1.45. The summed E-state index contributed by atoms with van der Waals surface area (Å²) in [5, 5.41) is 2.77. The smallest absolute Gasteiger partial charge is 0.227 e. The Morgan fingerprint density at radius 2 is 2.25 bits per heavy atom. The highest BCUT2D eigenvalue weighted by molar-refractivity contribution is 7.12. The van der Waals surface area contributed by atoms with Crippen molar-refractivity contribution in [2.45, 2.75) is 39.2 Å². The maximum Gasteiger partial charge on any atom is 0.227 e. The molecule has 4 heteroatoms. The Hall–Kier alpha value is -1.16. The van der Waals surface area contributed by atoms with Crippen LogP contribution in [0.5, 0.6) is 0 Å². The lowest BCUT2D eigenvalue weighted by atomic mass is 10.2. The second-order valence-electron chi connectivity index (χ2n) is 4.17. The van der Waals surface area contributed by atoms with E-state index in [-0.39, 0.29) is 18.1 Å². The van der Waals surface area contributed by atoms with E-state index in [0.717, 1.165) is 0 Å². The first-order valence-corrected chi connectivity index (χ1v) is 6.33. The Kier molecular flexibility index (Phi) is 3.39. The first-order chi connectivity index (χ1) is 7.65. The number of rotatable bonds is 4. The van der Waals surface area contributed by atoms with Gasteiger partial charge in [-0.15, -0.1) is 11.3 Å². The molecular formula is C12H15NO2S. The van der Waals surface area contributed by atoms with E-state index in [2.05, 4.69) is 11.4 Å². The third-order valence-electron chi connectivity index (χ3n) is 2.67. The predicted molar refractivity (Wildman–Crippen MR) is 63.5 cm³/mol. The summed E-state index contributed by atoms with van der Waals surface area (Å²) in [5.74, 6) is -0.271. The van der Waals surface area contributed by atoms with Crippen molar-refractivity contribution in [1.29, 1.82) is 0 Å². The Morgan fingerprint density at radius 1 is 1.44 bits per heavy atom. The second kappa shape index (κ2) is 4.78. The SMILES string of the molecule is CC(=O)CC(=O)NCc1cc2c(s1)CCC2. The lowest BCUT2D eigenvalue weighted by molar-refractivity contribution is -0.127. The van der Waals surface area contributed by atoms with Crippen molar-refractivity contribution in [1.82, 2.24) is 5.32 Å². The zero-order valence-electron chi connectivity index (χ0n) is 9.34. The number of fused-ring (bicyclic) bond motifs is 1. The van der Waals surface area contributed by atoms with Crippen LogP contribution in [0.2, 0.25) is 0 Å². The maximum atomic E-state index is 11.3. The van der Waals surface area contributed by atoms with Gasteiger partial charge in [0.15, 0.2) is 0 Å². The molecule has 2 rings (SSSR count). The highest BCUT2D eigenvalue weighted by Gasteiger charge is 2.15. The first kappa shape index (κ1) is 11.3. The van der Waals surface area contributed by atoms with Gasteiger partial charge in [0.05, 0.1) is 13.0 Å². The van der Waals surface area contributed by atoms with Crippen molar-refractivity contribution < 1.29 is 9.59 Å². The zero-order valence-corrected chi connectivity index (χ0v) is 10.2. The van der Waals surface area contributed by atoms with E-state index in [9.17, 15) is 9.59 Å². The van der Waals surface area contributed by atoms with Gasteiger partial charge in [0.1, 0.15) is 5.78 Å². The summed E-state index contributed by atoms with van der Waals surface area (Å²) in [7, 11) is 0. The van der Waals surface area contributed by atoms with E-state index in [1.54, 1.807) is 11.3 Å². The van der Waals surface area contributed by atoms with E-state index in [0.29, 0.717) is 6.54 Å². The van der Waals surface area contributed by atoms with Gasteiger partial charge >= 0.3 is 0 Å². The van der Waals surface area contributed by atoms with E-state index in [1.807, 2.05) is 0 Å². The minimum atomic E-state index is -0.180. The van der Waals surface area contributed by atoms with Crippen LogP contribution in [-0.4, -0.2) is 11.7 Å². The molecule has 1 aliphatic carbocycles. The fourth-order valence-electron chi connectivity index (χ4n) is 1.95. The molecule has 1 N–H and O–H groups in total. The van der Waals surface area contributed by atoms with Crippen molar-refractivity contribution >= 4 is 23.0 Å². The number of nitrogens with one attached hydrogen (secondary N) is 1. The van der Waals surface area contributed by atoms with Gasteiger partial charge < -0.3 is 5.32 Å². The Labute approximate surface area is 98.9 Å². The fraction of sp³-hybridized carbons (Fsp3) is 0.500. The lowest BCUT2D eigenvalue weighted by Gasteiger charge is -2.01. The van der Waals surface area contributed by atoms with Gasteiger partial charge in [0, 0.05) is 9.75 Å². The summed E-state index contributed by atoms with van der Waals surface area (Å²) in [4.78, 5) is 24.7. The quantitative estimate of drug-likeness (QED) is 0.812. The van der Waals surface area contributed by atoms with Gasteiger partial charge in [-0.1, -0.05) is 0 Å². The van der Waals surface area contributed by atoms with E-state index < -0.39 is 0 Å². The molecule has 0 aliphatic heterocycles. The molecule has 1 heterocycles. The van der Waals surface area contributed by atoms with Crippen molar-refractivity contribution in [2.24, 2.45) is 0 Å². The van der Waals surface area contributed by atoms with Crippen LogP contribution in [0.4, 0.5) is 0 Å². The third kappa shape index (κ3) is 2.70. The Balaban J connectivity index is 1.85. The molecule has 0 unspecified atom stereocenters. The van der Waals surface area contributed by atoms with Crippen LogP contribution in [0.25, 0.3) is 0 Å². The summed E-state index contributed by atoms with van der Waals surface area (Å²) >= 11 is 1.78. The lowest BCUT2D eigenvalue weighted by Crippen LogP contribution is -2.23. The number of thiophene rings is 1. The Morgan fingerprint density at radius 3 is 2.94 bits per heavy atom. The van der Waals surface area contributed by atoms with Gasteiger partial charge in [0.2, 0.25) is 5.91 Å². The van der Waals surface area contributed by atoms with Crippen molar-refractivity contribution in [3.05, 3.63) is 21.4 Å². The van der Waals surface area contributed by atoms with Crippen LogP contribution in [0.3, 0.4) is 0 Å². The number of hydrogen-bond donors (Lipinski definition) is 1. The topological polar surface area (TPSA) is 46.2 Å². The highest BCUT2D eigenvalue weighted by atomic mass is 32.1. The number of ketones is 1. The average Bonchev–Trinajstić information content (AvgIpc) is 2.72. The predicted octanol–water partition coefficient (Wildman–Crippen LogP) is 1.83. The number of carbonyl (C=O) groups excluding carboxylic acids is 2. The van der Waals surface area contributed by atoms with Crippen molar-refractivity contribution in [3.8, 4) is 0 Å². The van der Waals surface area contributed by atoms with Crippen LogP contribution in [0.15, 0.2) is 6.07 Å². The van der Waals surface area contributed by atoms with Gasteiger partial charge in [0.25, 0.3) is 0 Å². The van der Waals surface area contributed by atoms with Crippen LogP contribution in [-0.2, 0) is 29.0 Å². The number of hydrogen-bond acceptors (Lipinski definition) is 3. The molecule has 1 amide bonds. The minimum absolute atomic E-state index is 0.00884. The third-order valence-corrected chi connectivity index (χ3v) is 3.90. The van der Waals surface area contributed by atoms with Gasteiger partial charge in [-0.3, -0.25) is 9.59 Å². The highest BCUT2D eigenvalue weighted by Crippen LogP contribution is 2.30. The van der Waals surface area contributed by atoms with Crippen molar-refractivity contribution in [3.63, 3.8) is 0 Å². The largest absolute Gasteiger partial charge is 0.351 e. The number of aryl methyl sites for hydroxylation is 2. The molecule has 1 aromatic heterocycles. The van der Waals surface area contributed by atoms with E-state index >= 15 is 0 Å². The van der Waals surface area contributed by atoms with Crippen LogP contribution in [0.1, 0.15) is 35.1 Å². The second-order valence-corrected chi connectivity index (χ2v) is 5.39. The van der Waals surface area contributed by atoms with E-state index in [4.69, 9.17) is 0 Å². The molecule has 1 aliphatic rings. The standard InChI is InChI=1S/C12H15NO2S/c1-8(14)5-12(15)13-7-10-6-9-3-2-4-11(9)16-10/h6H,2-5,7H2,1H3,(H,13,15). The molecule has 3 nitrogen and oxygen atoms in total. The molecule has 86 valence electrons. The molecule has 0 saturated carbocycles. The number of Topliss-reactive ketones (excluding diaryl/α,β-unsaturated/α-hetero) is 1. The van der Waals surface area contributed by atoms with Crippen LogP contribution in [0, 0.1) is 0 Å². The van der Waals surface area contributed by atoms with Gasteiger partial charge in [-0.2, -0.15) is 0 Å². The molecule has 0 atom stereocenters.